The van der Waals surface area contributed by atoms with Gasteiger partial charge in [0, 0.05) is 11.8 Å². The van der Waals surface area contributed by atoms with E-state index < -0.39 is 0 Å². The first-order chi connectivity index (χ1) is 7.25. The monoisotopic (exact) mass is 227 g/mol. The summed E-state index contributed by atoms with van der Waals surface area (Å²) >= 11 is 1.90. The molecule has 0 aromatic carbocycles. The first kappa shape index (κ1) is 10.3. The van der Waals surface area contributed by atoms with Gasteiger partial charge in [0.25, 0.3) is 5.91 Å². The molecule has 1 unspecified atom stereocenters. The van der Waals surface area contributed by atoms with E-state index in [2.05, 4.69) is 20.5 Å². The van der Waals surface area contributed by atoms with Crippen LogP contribution < -0.4 is 11.1 Å². The number of hydrogen-bond donors (Lipinski definition) is 3. The van der Waals surface area contributed by atoms with Crippen molar-refractivity contribution < 1.29 is 4.79 Å². The van der Waals surface area contributed by atoms with E-state index in [-0.39, 0.29) is 17.7 Å². The summed E-state index contributed by atoms with van der Waals surface area (Å²) in [7, 11) is 0. The minimum Gasteiger partial charge on any atom is -0.366 e. The van der Waals surface area contributed by atoms with Crippen LogP contribution in [-0.2, 0) is 0 Å². The number of nitrogens with zero attached hydrogens (tertiary/aromatic N) is 2. The highest BCUT2D eigenvalue weighted by atomic mass is 32.2. The van der Waals surface area contributed by atoms with Crippen molar-refractivity contribution in [3.63, 3.8) is 0 Å². The molecule has 82 valence electrons. The molecule has 6 nitrogen and oxygen atoms in total. The average molecular weight is 227 g/mol. The highest BCUT2D eigenvalue weighted by Crippen LogP contribution is 2.25. The van der Waals surface area contributed by atoms with E-state index in [9.17, 15) is 4.79 Å². The summed E-state index contributed by atoms with van der Waals surface area (Å²) in [5.74, 6) is 1.22. The first-order valence-electron chi connectivity index (χ1n) is 4.83. The summed E-state index contributed by atoms with van der Waals surface area (Å²) in [6.07, 6.45) is 2.41. The van der Waals surface area contributed by atoms with Gasteiger partial charge in [-0.1, -0.05) is 0 Å². The summed E-state index contributed by atoms with van der Waals surface area (Å²) in [5, 5.41) is 9.41. The van der Waals surface area contributed by atoms with Crippen molar-refractivity contribution in [2.24, 2.45) is 0 Å². The normalized spacial score (nSPS) is 20.4. The first-order valence-corrected chi connectivity index (χ1v) is 5.88. The number of aromatic amines is 1. The van der Waals surface area contributed by atoms with Crippen LogP contribution >= 0.6 is 11.8 Å². The largest absolute Gasteiger partial charge is 0.366 e. The van der Waals surface area contributed by atoms with Gasteiger partial charge < -0.3 is 11.1 Å². The Morgan fingerprint density at radius 2 is 2.60 bits per heavy atom. The van der Waals surface area contributed by atoms with E-state index in [1.165, 1.54) is 18.6 Å². The van der Waals surface area contributed by atoms with Gasteiger partial charge in [-0.25, -0.2) is 0 Å². The van der Waals surface area contributed by atoms with Crippen LogP contribution in [-0.4, -0.2) is 38.6 Å². The lowest BCUT2D eigenvalue weighted by molar-refractivity contribution is 0.0944. The summed E-state index contributed by atoms with van der Waals surface area (Å²) in [6.45, 7) is 0.685. The Bertz CT molecular complexity index is 347. The minimum absolute atomic E-state index is 0.0930. The molecule has 15 heavy (non-hydrogen) atoms. The Hall–Kier alpha value is -1.24. The van der Waals surface area contributed by atoms with Crippen LogP contribution in [0.5, 0.6) is 0 Å². The van der Waals surface area contributed by atoms with E-state index in [0.717, 1.165) is 0 Å². The lowest BCUT2D eigenvalue weighted by Crippen LogP contribution is -2.30. The molecule has 0 radical (unpaired) electrons. The molecule has 1 aromatic heterocycles. The van der Waals surface area contributed by atoms with E-state index in [0.29, 0.717) is 11.8 Å². The molecule has 2 rings (SSSR count). The minimum atomic E-state index is -0.244. The van der Waals surface area contributed by atoms with Crippen LogP contribution in [0.4, 0.5) is 5.95 Å². The Kier molecular flexibility index (Phi) is 3.10. The number of carbonyl (C=O) groups is 1. The van der Waals surface area contributed by atoms with Crippen molar-refractivity contribution in [3.05, 3.63) is 5.82 Å². The average Bonchev–Trinajstić information content (AvgIpc) is 2.84. The molecule has 0 saturated carbocycles. The number of thioether (sulfide) groups is 1. The van der Waals surface area contributed by atoms with Gasteiger partial charge in [0.05, 0.1) is 0 Å². The number of nitrogens with one attached hydrogen (secondary N) is 2. The van der Waals surface area contributed by atoms with Crippen LogP contribution in [0.3, 0.4) is 0 Å². The Morgan fingerprint density at radius 1 is 1.73 bits per heavy atom. The molecule has 1 amide bonds. The maximum absolute atomic E-state index is 11.5. The predicted octanol–water partition coefficient (Wildman–Crippen LogP) is 0.0123. The molecule has 1 atom stereocenters. The number of anilines is 1. The number of nitrogens with two attached hydrogens (primary N) is 1. The van der Waals surface area contributed by atoms with Crippen molar-refractivity contribution in [3.8, 4) is 0 Å². The second kappa shape index (κ2) is 4.52. The van der Waals surface area contributed by atoms with Crippen molar-refractivity contribution in [1.82, 2.24) is 20.5 Å². The van der Waals surface area contributed by atoms with Crippen LogP contribution in [0.15, 0.2) is 0 Å². The zero-order valence-electron chi connectivity index (χ0n) is 8.19. The molecule has 1 aliphatic heterocycles. The van der Waals surface area contributed by atoms with Crippen molar-refractivity contribution in [2.75, 3.05) is 18.0 Å². The van der Waals surface area contributed by atoms with E-state index in [4.69, 9.17) is 5.73 Å². The number of aromatic nitrogens is 3. The zero-order chi connectivity index (χ0) is 10.7. The fraction of sp³-hybridized carbons (Fsp3) is 0.625. The summed E-state index contributed by atoms with van der Waals surface area (Å²) < 4.78 is 0. The standard InChI is InChI=1S/C8H13N5OS/c9-8-11-6(12-13-8)7(14)10-4-5-2-1-3-15-5/h5H,1-4H2,(H,10,14)(H3,9,11,12,13). The molecule has 0 aliphatic carbocycles. The molecular weight excluding hydrogens is 214 g/mol. The summed E-state index contributed by atoms with van der Waals surface area (Å²) in [6, 6.07) is 0. The molecular formula is C8H13N5OS. The Labute approximate surface area is 91.4 Å². The maximum atomic E-state index is 11.5. The van der Waals surface area contributed by atoms with Gasteiger partial charge in [-0.15, -0.1) is 5.10 Å². The SMILES string of the molecule is Nc1n[nH]c(C(=O)NCC2CCCS2)n1. The molecule has 1 saturated heterocycles. The predicted molar refractivity (Wildman–Crippen MR) is 58.6 cm³/mol. The van der Waals surface area contributed by atoms with Crippen LogP contribution in [0.1, 0.15) is 23.5 Å². The van der Waals surface area contributed by atoms with E-state index in [1.807, 2.05) is 11.8 Å². The van der Waals surface area contributed by atoms with Gasteiger partial charge in [-0.05, 0) is 18.6 Å². The highest BCUT2D eigenvalue weighted by Gasteiger charge is 2.17. The lowest BCUT2D eigenvalue weighted by atomic mass is 10.2. The molecule has 0 spiro atoms. The van der Waals surface area contributed by atoms with Crippen LogP contribution in [0.25, 0.3) is 0 Å². The zero-order valence-corrected chi connectivity index (χ0v) is 9.01. The van der Waals surface area contributed by atoms with Crippen molar-refractivity contribution in [2.45, 2.75) is 18.1 Å². The topological polar surface area (TPSA) is 96.7 Å². The Balaban J connectivity index is 1.81. The quantitative estimate of drug-likeness (QED) is 0.676. The van der Waals surface area contributed by atoms with E-state index >= 15 is 0 Å². The third-order valence-electron chi connectivity index (χ3n) is 2.23. The van der Waals surface area contributed by atoms with Gasteiger partial charge in [-0.2, -0.15) is 16.7 Å². The molecule has 4 N–H and O–H groups in total. The molecule has 7 heteroatoms. The number of amides is 1. The summed E-state index contributed by atoms with van der Waals surface area (Å²) in [4.78, 5) is 15.3. The van der Waals surface area contributed by atoms with Crippen molar-refractivity contribution >= 4 is 23.6 Å². The molecule has 0 bridgehead atoms. The van der Waals surface area contributed by atoms with Crippen molar-refractivity contribution in [1.29, 1.82) is 0 Å². The molecule has 2 heterocycles. The van der Waals surface area contributed by atoms with Crippen LogP contribution in [0, 0.1) is 0 Å². The van der Waals surface area contributed by atoms with Gasteiger partial charge in [0.15, 0.2) is 0 Å². The highest BCUT2D eigenvalue weighted by molar-refractivity contribution is 8.00. The summed E-state index contributed by atoms with van der Waals surface area (Å²) in [5.41, 5.74) is 5.30. The molecule has 1 aromatic rings. The maximum Gasteiger partial charge on any atom is 0.288 e. The number of hydrogen-bond acceptors (Lipinski definition) is 5. The molecule has 1 aliphatic rings. The van der Waals surface area contributed by atoms with Gasteiger partial charge in [0.1, 0.15) is 0 Å². The number of rotatable bonds is 3. The van der Waals surface area contributed by atoms with E-state index in [1.54, 1.807) is 0 Å². The Morgan fingerprint density at radius 3 is 3.20 bits per heavy atom. The number of nitrogen functional groups attached to an aromatic ring is 1. The fourth-order valence-corrected chi connectivity index (χ4v) is 2.67. The lowest BCUT2D eigenvalue weighted by Gasteiger charge is -2.08. The van der Waals surface area contributed by atoms with Crippen LogP contribution in [0.2, 0.25) is 0 Å². The fourth-order valence-electron chi connectivity index (χ4n) is 1.47. The third kappa shape index (κ3) is 2.62. The van der Waals surface area contributed by atoms with Gasteiger partial charge in [-0.3, -0.25) is 9.89 Å². The number of carbonyl (C=O) groups excluding carboxylic acids is 1. The van der Waals surface area contributed by atoms with Gasteiger partial charge >= 0.3 is 0 Å². The molecule has 1 fully saturated rings. The second-order valence-corrected chi connectivity index (χ2v) is 4.80. The smallest absolute Gasteiger partial charge is 0.288 e. The number of H-pyrrole nitrogens is 1. The van der Waals surface area contributed by atoms with Gasteiger partial charge in [0.2, 0.25) is 11.8 Å². The third-order valence-corrected chi connectivity index (χ3v) is 3.63. The second-order valence-electron chi connectivity index (χ2n) is 3.39.